The number of nitrogens with zero attached hydrogens (tertiary/aromatic N) is 1. The highest BCUT2D eigenvalue weighted by Gasteiger charge is 2.35. The molecule has 0 saturated carbocycles. The van der Waals surface area contributed by atoms with Crippen molar-refractivity contribution in [1.82, 2.24) is 0 Å². The second kappa shape index (κ2) is 5.53. The fraction of sp³-hybridized carbons (Fsp3) is 0.467. The van der Waals surface area contributed by atoms with Gasteiger partial charge >= 0.3 is 0 Å². The Hall–Kier alpha value is -2.04. The van der Waals surface area contributed by atoms with E-state index in [1.165, 1.54) is 0 Å². The van der Waals surface area contributed by atoms with Crippen molar-refractivity contribution >= 4 is 17.9 Å². The zero-order chi connectivity index (χ0) is 14.9. The smallest absolute Gasteiger partial charge is 0.268 e. The number of hydrogen-bond acceptors (Lipinski definition) is 4. The van der Waals surface area contributed by atoms with Gasteiger partial charge in [0.15, 0.2) is 17.6 Å². The molecule has 1 aromatic rings. The molecular weight excluding hydrogens is 258 g/mol. The Balaban J connectivity index is 2.63. The molecule has 1 aromatic carbocycles. The van der Waals surface area contributed by atoms with Crippen molar-refractivity contribution in [3.05, 3.63) is 17.7 Å². The van der Waals surface area contributed by atoms with Crippen molar-refractivity contribution in [3.8, 4) is 11.5 Å². The molecule has 1 aliphatic rings. The number of amides is 1. The van der Waals surface area contributed by atoms with Gasteiger partial charge in [-0.1, -0.05) is 0 Å². The lowest BCUT2D eigenvalue weighted by atomic mass is 10.1. The van der Waals surface area contributed by atoms with Crippen LogP contribution in [0.1, 0.15) is 38.1 Å². The lowest BCUT2D eigenvalue weighted by molar-refractivity contribution is -0.126. The molecule has 0 bridgehead atoms. The molecule has 1 aliphatic heterocycles. The summed E-state index contributed by atoms with van der Waals surface area (Å²) < 4.78 is 11.2. The normalized spacial score (nSPS) is 17.8. The first-order valence-electron chi connectivity index (χ1n) is 6.75. The number of fused-ring (bicyclic) bond motifs is 1. The average Bonchev–Trinajstić information content (AvgIpc) is 2.40. The van der Waals surface area contributed by atoms with Crippen molar-refractivity contribution in [2.75, 3.05) is 11.5 Å². The molecule has 0 fully saturated rings. The van der Waals surface area contributed by atoms with Gasteiger partial charge in [0.1, 0.15) is 6.29 Å². The second-order valence-electron chi connectivity index (χ2n) is 4.98. The zero-order valence-corrected chi connectivity index (χ0v) is 12.2. The van der Waals surface area contributed by atoms with Gasteiger partial charge in [-0.3, -0.25) is 9.59 Å². The van der Waals surface area contributed by atoms with E-state index in [0.29, 0.717) is 29.4 Å². The summed E-state index contributed by atoms with van der Waals surface area (Å²) in [6.45, 7) is 7.88. The van der Waals surface area contributed by atoms with Gasteiger partial charge in [0.05, 0.1) is 12.3 Å². The quantitative estimate of drug-likeness (QED) is 0.793. The Labute approximate surface area is 118 Å². The second-order valence-corrected chi connectivity index (χ2v) is 4.98. The highest BCUT2D eigenvalue weighted by molar-refractivity contribution is 6.01. The molecule has 108 valence electrons. The highest BCUT2D eigenvalue weighted by Crippen LogP contribution is 2.43. The molecule has 1 unspecified atom stereocenters. The van der Waals surface area contributed by atoms with Gasteiger partial charge < -0.3 is 14.4 Å². The van der Waals surface area contributed by atoms with Crippen molar-refractivity contribution in [1.29, 1.82) is 0 Å². The number of carbonyl (C=O) groups excluding carboxylic acids is 2. The van der Waals surface area contributed by atoms with Crippen LogP contribution in [0.4, 0.5) is 5.69 Å². The van der Waals surface area contributed by atoms with Crippen LogP contribution in [0.2, 0.25) is 0 Å². The molecule has 0 aliphatic carbocycles. The maximum Gasteiger partial charge on any atom is 0.268 e. The van der Waals surface area contributed by atoms with Crippen LogP contribution < -0.4 is 14.4 Å². The topological polar surface area (TPSA) is 55.8 Å². The first-order valence-corrected chi connectivity index (χ1v) is 6.75. The van der Waals surface area contributed by atoms with Crippen LogP contribution in [0.15, 0.2) is 12.1 Å². The number of anilines is 1. The summed E-state index contributed by atoms with van der Waals surface area (Å²) in [5.74, 6) is 0.911. The van der Waals surface area contributed by atoms with Crippen LogP contribution in [0.3, 0.4) is 0 Å². The Kier molecular flexibility index (Phi) is 3.97. The summed E-state index contributed by atoms with van der Waals surface area (Å²) in [5.41, 5.74) is 1.06. The maximum absolute atomic E-state index is 12.3. The van der Waals surface area contributed by atoms with Crippen LogP contribution >= 0.6 is 0 Å². The highest BCUT2D eigenvalue weighted by atomic mass is 16.5. The molecule has 0 spiro atoms. The van der Waals surface area contributed by atoms with E-state index in [1.807, 2.05) is 20.8 Å². The molecule has 0 radical (unpaired) electrons. The van der Waals surface area contributed by atoms with Gasteiger partial charge in [-0.05, 0) is 39.8 Å². The van der Waals surface area contributed by atoms with Crippen LogP contribution in [0.5, 0.6) is 11.5 Å². The van der Waals surface area contributed by atoms with Gasteiger partial charge in [0.25, 0.3) is 5.91 Å². The number of aldehydes is 1. The van der Waals surface area contributed by atoms with Crippen LogP contribution in [0.25, 0.3) is 0 Å². The lowest BCUT2D eigenvalue weighted by Crippen LogP contribution is -2.48. The SMILES string of the molecule is CCOc1cc(C=O)cc2c1OC(C)C(=O)N2C(C)C. The molecule has 0 saturated heterocycles. The van der Waals surface area contributed by atoms with Gasteiger partial charge in [-0.25, -0.2) is 0 Å². The summed E-state index contributed by atoms with van der Waals surface area (Å²) in [4.78, 5) is 25.0. The Morgan fingerprint density at radius 3 is 2.70 bits per heavy atom. The van der Waals surface area contributed by atoms with Crippen molar-refractivity contribution in [3.63, 3.8) is 0 Å². The minimum Gasteiger partial charge on any atom is -0.490 e. The molecule has 5 nitrogen and oxygen atoms in total. The summed E-state index contributed by atoms with van der Waals surface area (Å²) in [6.07, 6.45) is 0.176. The standard InChI is InChI=1S/C15H19NO4/c1-5-19-13-7-11(8-17)6-12-14(13)20-10(4)15(18)16(12)9(2)3/h6-10H,5H2,1-4H3. The molecule has 1 heterocycles. The Bertz CT molecular complexity index is 539. The molecular formula is C15H19NO4. The van der Waals surface area contributed by atoms with E-state index in [4.69, 9.17) is 9.47 Å². The van der Waals surface area contributed by atoms with E-state index in [2.05, 4.69) is 0 Å². The zero-order valence-electron chi connectivity index (χ0n) is 12.2. The third-order valence-electron chi connectivity index (χ3n) is 3.15. The number of ether oxygens (including phenoxy) is 2. The summed E-state index contributed by atoms with van der Waals surface area (Å²) >= 11 is 0. The van der Waals surface area contributed by atoms with Crippen molar-refractivity contribution < 1.29 is 19.1 Å². The number of carbonyl (C=O) groups is 2. The summed E-state index contributed by atoms with van der Waals surface area (Å²) in [7, 11) is 0. The van der Waals surface area contributed by atoms with Crippen LogP contribution in [-0.4, -0.2) is 30.9 Å². The van der Waals surface area contributed by atoms with Crippen molar-refractivity contribution in [2.45, 2.75) is 39.8 Å². The number of rotatable bonds is 4. The number of benzene rings is 1. The Morgan fingerprint density at radius 2 is 2.15 bits per heavy atom. The van der Waals surface area contributed by atoms with E-state index >= 15 is 0 Å². The predicted octanol–water partition coefficient (Wildman–Crippen LogP) is 2.42. The molecule has 5 heteroatoms. The first kappa shape index (κ1) is 14.4. The van der Waals surface area contributed by atoms with Gasteiger partial charge in [0, 0.05) is 11.6 Å². The largest absolute Gasteiger partial charge is 0.490 e. The van der Waals surface area contributed by atoms with Gasteiger partial charge in [-0.2, -0.15) is 0 Å². The fourth-order valence-corrected chi connectivity index (χ4v) is 2.31. The van der Waals surface area contributed by atoms with E-state index in [-0.39, 0.29) is 11.9 Å². The lowest BCUT2D eigenvalue weighted by Gasteiger charge is -2.36. The van der Waals surface area contributed by atoms with E-state index in [9.17, 15) is 9.59 Å². The molecule has 2 rings (SSSR count). The van der Waals surface area contributed by atoms with Crippen LogP contribution in [-0.2, 0) is 4.79 Å². The van der Waals surface area contributed by atoms with Gasteiger partial charge in [-0.15, -0.1) is 0 Å². The minimum atomic E-state index is -0.564. The monoisotopic (exact) mass is 277 g/mol. The van der Waals surface area contributed by atoms with Crippen LogP contribution in [0, 0.1) is 0 Å². The average molecular weight is 277 g/mol. The van der Waals surface area contributed by atoms with Gasteiger partial charge in [0.2, 0.25) is 0 Å². The third kappa shape index (κ3) is 2.35. The summed E-state index contributed by atoms with van der Waals surface area (Å²) in [6, 6.07) is 3.27. The molecule has 0 aromatic heterocycles. The maximum atomic E-state index is 12.3. The molecule has 1 amide bonds. The molecule has 0 N–H and O–H groups in total. The minimum absolute atomic E-state index is 0.0241. The molecule has 1 atom stereocenters. The van der Waals surface area contributed by atoms with Crippen molar-refractivity contribution in [2.24, 2.45) is 0 Å². The summed E-state index contributed by atoms with van der Waals surface area (Å²) in [5, 5.41) is 0. The molecule has 20 heavy (non-hydrogen) atoms. The predicted molar refractivity (Wildman–Crippen MR) is 75.7 cm³/mol. The van der Waals surface area contributed by atoms with E-state index in [1.54, 1.807) is 24.0 Å². The first-order chi connectivity index (χ1) is 9.49. The third-order valence-corrected chi connectivity index (χ3v) is 3.15. The van der Waals surface area contributed by atoms with E-state index in [0.717, 1.165) is 6.29 Å². The van der Waals surface area contributed by atoms with E-state index < -0.39 is 6.10 Å². The number of hydrogen-bond donors (Lipinski definition) is 0. The Morgan fingerprint density at radius 1 is 1.45 bits per heavy atom. The fourth-order valence-electron chi connectivity index (χ4n) is 2.31.